The Balaban J connectivity index is 1.43. The predicted molar refractivity (Wildman–Crippen MR) is 123 cm³/mol. The van der Waals surface area contributed by atoms with E-state index in [1.165, 1.54) is 0 Å². The van der Waals surface area contributed by atoms with Crippen LogP contribution in [0, 0.1) is 13.8 Å². The number of amides is 1. The second-order valence-electron chi connectivity index (χ2n) is 7.37. The Morgan fingerprint density at radius 1 is 1.00 bits per heavy atom. The molecule has 0 saturated carbocycles. The highest BCUT2D eigenvalue weighted by Crippen LogP contribution is 2.22. The van der Waals surface area contributed by atoms with Crippen LogP contribution in [0.15, 0.2) is 60.8 Å². The van der Waals surface area contributed by atoms with E-state index < -0.39 is 0 Å². The van der Waals surface area contributed by atoms with Gasteiger partial charge in [-0.1, -0.05) is 41.4 Å². The van der Waals surface area contributed by atoms with E-state index in [1.54, 1.807) is 35.1 Å². The van der Waals surface area contributed by atoms with Crippen LogP contribution in [0.3, 0.4) is 0 Å². The molecule has 6 nitrogen and oxygen atoms in total. The van der Waals surface area contributed by atoms with E-state index in [4.69, 9.17) is 23.2 Å². The number of aryl methyl sites for hydroxylation is 2. The Kier molecular flexibility index (Phi) is 6.11. The SMILES string of the molecule is Cc1cc(C)n(Cc2cccc(C(=O)Nc3ccn(Cc4ccc(Cl)cc4Cl)n3)c2)n1. The fourth-order valence-corrected chi connectivity index (χ4v) is 3.82. The van der Waals surface area contributed by atoms with E-state index in [1.807, 2.05) is 48.9 Å². The maximum Gasteiger partial charge on any atom is 0.256 e. The first kappa shape index (κ1) is 21.2. The van der Waals surface area contributed by atoms with Crippen LogP contribution in [0.4, 0.5) is 5.82 Å². The summed E-state index contributed by atoms with van der Waals surface area (Å²) in [4.78, 5) is 12.7. The average Bonchev–Trinajstić information content (AvgIpc) is 3.29. The minimum absolute atomic E-state index is 0.218. The van der Waals surface area contributed by atoms with Gasteiger partial charge in [-0.05, 0) is 55.3 Å². The van der Waals surface area contributed by atoms with Crippen LogP contribution in [0.5, 0.6) is 0 Å². The molecule has 0 saturated heterocycles. The molecule has 0 fully saturated rings. The van der Waals surface area contributed by atoms with E-state index in [9.17, 15) is 4.79 Å². The molecule has 2 aromatic heterocycles. The van der Waals surface area contributed by atoms with Gasteiger partial charge in [-0.15, -0.1) is 0 Å². The third-order valence-electron chi connectivity index (χ3n) is 4.85. The van der Waals surface area contributed by atoms with Crippen molar-refractivity contribution in [1.82, 2.24) is 19.6 Å². The minimum Gasteiger partial charge on any atom is -0.305 e. The highest BCUT2D eigenvalue weighted by molar-refractivity contribution is 6.35. The van der Waals surface area contributed by atoms with E-state index in [0.717, 1.165) is 22.5 Å². The molecule has 0 radical (unpaired) electrons. The number of carbonyl (C=O) groups excluding carboxylic acids is 1. The van der Waals surface area contributed by atoms with Crippen LogP contribution in [-0.4, -0.2) is 25.5 Å². The molecule has 0 unspecified atom stereocenters. The lowest BCUT2D eigenvalue weighted by atomic mass is 10.1. The Bertz CT molecular complexity index is 1240. The van der Waals surface area contributed by atoms with Crippen molar-refractivity contribution < 1.29 is 4.79 Å². The summed E-state index contributed by atoms with van der Waals surface area (Å²) in [6, 6.07) is 16.6. The van der Waals surface area contributed by atoms with Gasteiger partial charge in [-0.3, -0.25) is 14.2 Å². The van der Waals surface area contributed by atoms with Crippen molar-refractivity contribution >= 4 is 34.9 Å². The molecule has 158 valence electrons. The molecule has 0 aliphatic heterocycles. The lowest BCUT2D eigenvalue weighted by Crippen LogP contribution is -2.14. The van der Waals surface area contributed by atoms with Crippen molar-refractivity contribution in [2.45, 2.75) is 26.9 Å². The number of hydrogen-bond donors (Lipinski definition) is 1. The summed E-state index contributed by atoms with van der Waals surface area (Å²) >= 11 is 12.2. The molecule has 0 atom stereocenters. The van der Waals surface area contributed by atoms with Gasteiger partial charge in [-0.2, -0.15) is 10.2 Å². The summed E-state index contributed by atoms with van der Waals surface area (Å²) in [5.41, 5.74) is 4.51. The Hall–Kier alpha value is -3.09. The third kappa shape index (κ3) is 5.16. The molecule has 0 aliphatic carbocycles. The standard InChI is InChI=1S/C23H21Cl2N5O/c1-15-10-16(2)30(27-15)13-17-4-3-5-18(11-17)23(31)26-22-8-9-29(28-22)14-19-6-7-20(24)12-21(19)25/h3-12H,13-14H2,1-2H3,(H,26,28,31). The topological polar surface area (TPSA) is 64.7 Å². The maximum atomic E-state index is 12.7. The van der Waals surface area contributed by atoms with E-state index in [-0.39, 0.29) is 5.91 Å². The van der Waals surface area contributed by atoms with Crippen LogP contribution in [-0.2, 0) is 13.1 Å². The predicted octanol–water partition coefficient (Wildman–Crippen LogP) is 5.35. The quantitative estimate of drug-likeness (QED) is 0.427. The zero-order chi connectivity index (χ0) is 22.0. The van der Waals surface area contributed by atoms with Gasteiger partial charge in [0.15, 0.2) is 5.82 Å². The normalized spacial score (nSPS) is 11.0. The fourth-order valence-electron chi connectivity index (χ4n) is 3.35. The van der Waals surface area contributed by atoms with Crippen molar-refractivity contribution in [2.75, 3.05) is 5.32 Å². The van der Waals surface area contributed by atoms with Gasteiger partial charge >= 0.3 is 0 Å². The first-order valence-electron chi connectivity index (χ1n) is 9.76. The monoisotopic (exact) mass is 453 g/mol. The van der Waals surface area contributed by atoms with Crippen molar-refractivity contribution in [3.05, 3.63) is 98.9 Å². The summed E-state index contributed by atoms with van der Waals surface area (Å²) in [6.07, 6.45) is 1.79. The second-order valence-corrected chi connectivity index (χ2v) is 8.22. The smallest absolute Gasteiger partial charge is 0.256 e. The number of anilines is 1. The average molecular weight is 454 g/mol. The van der Waals surface area contributed by atoms with Gasteiger partial charge in [0.1, 0.15) is 0 Å². The molecule has 2 aromatic carbocycles. The van der Waals surface area contributed by atoms with Crippen LogP contribution in [0.2, 0.25) is 10.0 Å². The molecule has 0 bridgehead atoms. The number of hydrogen-bond acceptors (Lipinski definition) is 3. The van der Waals surface area contributed by atoms with Gasteiger partial charge in [0.2, 0.25) is 0 Å². The van der Waals surface area contributed by atoms with Crippen LogP contribution in [0.25, 0.3) is 0 Å². The Morgan fingerprint density at radius 2 is 1.84 bits per heavy atom. The summed E-state index contributed by atoms with van der Waals surface area (Å²) in [7, 11) is 0. The van der Waals surface area contributed by atoms with Gasteiger partial charge in [-0.25, -0.2) is 0 Å². The number of halogens is 2. The molecule has 31 heavy (non-hydrogen) atoms. The highest BCUT2D eigenvalue weighted by atomic mass is 35.5. The van der Waals surface area contributed by atoms with Crippen molar-refractivity contribution in [2.24, 2.45) is 0 Å². The molecule has 0 spiro atoms. The number of rotatable bonds is 6. The van der Waals surface area contributed by atoms with Crippen LogP contribution in [0.1, 0.15) is 32.9 Å². The summed E-state index contributed by atoms with van der Waals surface area (Å²) in [5, 5.41) is 12.9. The number of carbonyl (C=O) groups is 1. The molecule has 4 rings (SSSR count). The van der Waals surface area contributed by atoms with Gasteiger partial charge in [0.25, 0.3) is 5.91 Å². The number of aromatic nitrogens is 4. The van der Waals surface area contributed by atoms with E-state index in [0.29, 0.717) is 34.5 Å². The van der Waals surface area contributed by atoms with E-state index >= 15 is 0 Å². The summed E-state index contributed by atoms with van der Waals surface area (Å²) in [5.74, 6) is 0.254. The third-order valence-corrected chi connectivity index (χ3v) is 5.44. The molecule has 1 N–H and O–H groups in total. The molecular weight excluding hydrogens is 433 g/mol. The molecular formula is C23H21Cl2N5O. The zero-order valence-electron chi connectivity index (χ0n) is 17.1. The maximum absolute atomic E-state index is 12.7. The molecule has 0 aliphatic rings. The van der Waals surface area contributed by atoms with Gasteiger partial charge in [0.05, 0.1) is 18.8 Å². The Labute approximate surface area is 190 Å². The number of nitrogens with one attached hydrogen (secondary N) is 1. The minimum atomic E-state index is -0.218. The zero-order valence-corrected chi connectivity index (χ0v) is 18.7. The van der Waals surface area contributed by atoms with Gasteiger partial charge < -0.3 is 5.32 Å². The van der Waals surface area contributed by atoms with Crippen LogP contribution < -0.4 is 5.32 Å². The second kappa shape index (κ2) is 8.96. The Morgan fingerprint density at radius 3 is 2.58 bits per heavy atom. The lowest BCUT2D eigenvalue weighted by Gasteiger charge is -2.08. The van der Waals surface area contributed by atoms with Crippen molar-refractivity contribution in [1.29, 1.82) is 0 Å². The summed E-state index contributed by atoms with van der Waals surface area (Å²) < 4.78 is 3.64. The number of nitrogens with zero attached hydrogens (tertiary/aromatic N) is 4. The summed E-state index contributed by atoms with van der Waals surface area (Å²) in [6.45, 7) is 5.07. The van der Waals surface area contributed by atoms with Gasteiger partial charge in [0, 0.05) is 33.6 Å². The number of benzene rings is 2. The van der Waals surface area contributed by atoms with Crippen molar-refractivity contribution in [3.8, 4) is 0 Å². The molecule has 4 aromatic rings. The van der Waals surface area contributed by atoms with Crippen LogP contribution >= 0.6 is 23.2 Å². The van der Waals surface area contributed by atoms with E-state index in [2.05, 4.69) is 15.5 Å². The molecule has 8 heteroatoms. The first-order valence-corrected chi connectivity index (χ1v) is 10.5. The fraction of sp³-hybridized carbons (Fsp3) is 0.174. The highest BCUT2D eigenvalue weighted by Gasteiger charge is 2.11. The molecule has 2 heterocycles. The largest absolute Gasteiger partial charge is 0.305 e. The first-order chi connectivity index (χ1) is 14.9. The van der Waals surface area contributed by atoms with Crippen molar-refractivity contribution in [3.63, 3.8) is 0 Å². The lowest BCUT2D eigenvalue weighted by molar-refractivity contribution is 0.102. The molecule has 1 amide bonds.